The number of benzene rings is 1. The van der Waals surface area contributed by atoms with Gasteiger partial charge < -0.3 is 25.0 Å². The molecule has 3 heterocycles. The van der Waals surface area contributed by atoms with Gasteiger partial charge >= 0.3 is 6.30 Å². The van der Waals surface area contributed by atoms with Gasteiger partial charge in [0.2, 0.25) is 0 Å². The summed E-state index contributed by atoms with van der Waals surface area (Å²) in [4.78, 5) is 31.6. The molecule has 4 aromatic rings. The van der Waals surface area contributed by atoms with Crippen LogP contribution in [0.15, 0.2) is 75.6 Å². The number of aromatic amines is 1. The molecule has 1 aliphatic carbocycles. The van der Waals surface area contributed by atoms with Crippen LogP contribution in [0.2, 0.25) is 0 Å². The van der Waals surface area contributed by atoms with Gasteiger partial charge in [-0.25, -0.2) is 0 Å². The fraction of sp³-hybridized carbons (Fsp3) is 0.222. The molecule has 1 aromatic carbocycles. The highest BCUT2D eigenvalue weighted by atomic mass is 19.4. The average molecular weight is 524 g/mol. The molecule has 5 rings (SSSR count). The average Bonchev–Trinajstić information content (AvgIpc) is 3.30. The Bertz CT molecular complexity index is 1690. The van der Waals surface area contributed by atoms with E-state index in [1.165, 1.54) is 16.7 Å². The van der Waals surface area contributed by atoms with Crippen molar-refractivity contribution in [2.24, 2.45) is 17.8 Å². The van der Waals surface area contributed by atoms with E-state index in [-0.39, 0.29) is 28.4 Å². The highest BCUT2D eigenvalue weighted by Crippen LogP contribution is 2.38. The fourth-order valence-electron chi connectivity index (χ4n) is 4.74. The third-order valence-electron chi connectivity index (χ3n) is 6.74. The minimum atomic E-state index is -4.79. The number of pyridine rings is 2. The summed E-state index contributed by atoms with van der Waals surface area (Å²) in [6.45, 7) is 0. The summed E-state index contributed by atoms with van der Waals surface area (Å²) in [5.74, 6) is 0. The molecule has 8 nitrogen and oxygen atoms in total. The van der Waals surface area contributed by atoms with Crippen LogP contribution in [0.4, 0.5) is 13.2 Å². The number of aliphatic imine (C=N–C) groups is 1. The molecule has 38 heavy (non-hydrogen) atoms. The number of aliphatic hydroxyl groups is 1. The third-order valence-corrected chi connectivity index (χ3v) is 6.74. The van der Waals surface area contributed by atoms with Crippen molar-refractivity contribution in [3.05, 3.63) is 87.5 Å². The maximum atomic E-state index is 13.2. The Morgan fingerprint density at radius 2 is 1.82 bits per heavy atom. The first-order valence-electron chi connectivity index (χ1n) is 11.8. The summed E-state index contributed by atoms with van der Waals surface area (Å²) in [5.41, 5.74) is 7.79. The van der Waals surface area contributed by atoms with Gasteiger partial charge in [0.15, 0.2) is 0 Å². The molecule has 0 radical (unpaired) electrons. The van der Waals surface area contributed by atoms with Gasteiger partial charge in [0.05, 0.1) is 6.10 Å². The predicted molar refractivity (Wildman–Crippen MR) is 140 cm³/mol. The van der Waals surface area contributed by atoms with Crippen molar-refractivity contribution in [3.63, 3.8) is 0 Å². The summed E-state index contributed by atoms with van der Waals surface area (Å²) in [6.07, 6.45) is 0.627. The second kappa shape index (κ2) is 9.49. The SMILES string of the molecule is Cn1cc(-c2cc(=O)n(C3CC(O)C3)cc2-c2ccccc2)c2cc(C(C=NC(F)(F)F)=CN)[nH]c2c1=O. The minimum absolute atomic E-state index is 0.0613. The van der Waals surface area contributed by atoms with Crippen molar-refractivity contribution >= 4 is 22.7 Å². The van der Waals surface area contributed by atoms with Crippen LogP contribution in [-0.2, 0) is 7.05 Å². The zero-order chi connectivity index (χ0) is 27.2. The van der Waals surface area contributed by atoms with Crippen LogP contribution in [0, 0.1) is 0 Å². The molecule has 0 spiro atoms. The lowest BCUT2D eigenvalue weighted by Crippen LogP contribution is -2.36. The van der Waals surface area contributed by atoms with Crippen LogP contribution in [0.3, 0.4) is 0 Å². The van der Waals surface area contributed by atoms with Crippen molar-refractivity contribution < 1.29 is 18.3 Å². The van der Waals surface area contributed by atoms with E-state index < -0.39 is 18.0 Å². The van der Waals surface area contributed by atoms with Crippen LogP contribution < -0.4 is 16.9 Å². The molecule has 196 valence electrons. The maximum absolute atomic E-state index is 13.2. The quantitative estimate of drug-likeness (QED) is 0.271. The molecule has 0 unspecified atom stereocenters. The van der Waals surface area contributed by atoms with Crippen LogP contribution in [0.1, 0.15) is 24.6 Å². The lowest BCUT2D eigenvalue weighted by molar-refractivity contribution is -0.118. The molecule has 0 bridgehead atoms. The number of alkyl halides is 3. The normalized spacial score (nSPS) is 18.3. The van der Waals surface area contributed by atoms with Gasteiger partial charge in [0.25, 0.3) is 11.1 Å². The Morgan fingerprint density at radius 1 is 1.11 bits per heavy atom. The fourth-order valence-corrected chi connectivity index (χ4v) is 4.74. The van der Waals surface area contributed by atoms with Crippen molar-refractivity contribution in [3.8, 4) is 22.3 Å². The number of nitrogens with two attached hydrogens (primary N) is 1. The van der Waals surface area contributed by atoms with Crippen LogP contribution in [0.5, 0.6) is 0 Å². The van der Waals surface area contributed by atoms with Gasteiger partial charge in [-0.2, -0.15) is 4.99 Å². The lowest BCUT2D eigenvalue weighted by Gasteiger charge is -2.33. The number of nitrogens with one attached hydrogen (secondary N) is 1. The highest BCUT2D eigenvalue weighted by molar-refractivity contribution is 6.11. The van der Waals surface area contributed by atoms with Gasteiger partial charge in [-0.15, -0.1) is 13.2 Å². The number of halogens is 3. The Balaban J connectivity index is 1.75. The molecule has 3 aromatic heterocycles. The van der Waals surface area contributed by atoms with Crippen LogP contribution in [0.25, 0.3) is 38.7 Å². The Labute approximate surface area is 214 Å². The second-order valence-corrected chi connectivity index (χ2v) is 9.27. The largest absolute Gasteiger partial charge is 0.503 e. The smallest absolute Gasteiger partial charge is 0.404 e. The molecular weight excluding hydrogens is 499 g/mol. The van der Waals surface area contributed by atoms with E-state index in [4.69, 9.17) is 5.73 Å². The van der Waals surface area contributed by atoms with Crippen LogP contribution >= 0.6 is 0 Å². The molecule has 11 heteroatoms. The topological polar surface area (TPSA) is 118 Å². The van der Waals surface area contributed by atoms with E-state index in [0.29, 0.717) is 35.6 Å². The Kier molecular flexibility index (Phi) is 6.31. The number of aryl methyl sites for hydroxylation is 1. The molecular formula is C27H24F3N5O3. The summed E-state index contributed by atoms with van der Waals surface area (Å²) < 4.78 is 41.0. The molecule has 1 fully saturated rings. The zero-order valence-corrected chi connectivity index (χ0v) is 20.2. The van der Waals surface area contributed by atoms with E-state index in [1.54, 1.807) is 24.0 Å². The number of aromatic nitrogens is 3. The number of H-pyrrole nitrogens is 1. The van der Waals surface area contributed by atoms with Crippen molar-refractivity contribution in [1.29, 1.82) is 0 Å². The lowest BCUT2D eigenvalue weighted by atomic mass is 9.88. The van der Waals surface area contributed by atoms with Crippen molar-refractivity contribution in [2.45, 2.75) is 31.3 Å². The third kappa shape index (κ3) is 4.68. The van der Waals surface area contributed by atoms with E-state index in [2.05, 4.69) is 9.98 Å². The molecule has 0 amide bonds. The highest BCUT2D eigenvalue weighted by Gasteiger charge is 2.30. The summed E-state index contributed by atoms with van der Waals surface area (Å²) >= 11 is 0. The second-order valence-electron chi connectivity index (χ2n) is 9.27. The molecule has 0 aliphatic heterocycles. The van der Waals surface area contributed by atoms with E-state index in [1.807, 2.05) is 30.3 Å². The molecule has 0 atom stereocenters. The zero-order valence-electron chi connectivity index (χ0n) is 20.2. The number of hydrogen-bond donors (Lipinski definition) is 3. The Hall–Kier alpha value is -4.38. The number of aliphatic hydroxyl groups excluding tert-OH is 1. The number of rotatable bonds is 5. The number of hydrogen-bond acceptors (Lipinski definition) is 5. The molecule has 1 aliphatic rings. The number of nitrogens with zero attached hydrogens (tertiary/aromatic N) is 3. The first-order chi connectivity index (χ1) is 18.1. The van der Waals surface area contributed by atoms with Gasteiger partial charge in [0, 0.05) is 71.7 Å². The number of allylic oxidation sites excluding steroid dienone is 1. The van der Waals surface area contributed by atoms with E-state index in [0.717, 1.165) is 17.3 Å². The van der Waals surface area contributed by atoms with E-state index in [9.17, 15) is 27.9 Å². The Morgan fingerprint density at radius 3 is 2.45 bits per heavy atom. The molecule has 0 saturated heterocycles. The van der Waals surface area contributed by atoms with Gasteiger partial charge in [-0.3, -0.25) is 9.59 Å². The predicted octanol–water partition coefficient (Wildman–Crippen LogP) is 3.95. The summed E-state index contributed by atoms with van der Waals surface area (Å²) in [5, 5.41) is 10.2. The maximum Gasteiger partial charge on any atom is 0.503 e. The molecule has 1 saturated carbocycles. The van der Waals surface area contributed by atoms with Crippen molar-refractivity contribution in [2.75, 3.05) is 0 Å². The van der Waals surface area contributed by atoms with Crippen molar-refractivity contribution in [1.82, 2.24) is 14.1 Å². The summed E-state index contributed by atoms with van der Waals surface area (Å²) in [6, 6.07) is 12.3. The monoisotopic (exact) mass is 523 g/mol. The number of fused-ring (bicyclic) bond motifs is 1. The van der Waals surface area contributed by atoms with Crippen LogP contribution in [-0.4, -0.2) is 37.8 Å². The molecule has 4 N–H and O–H groups in total. The van der Waals surface area contributed by atoms with E-state index >= 15 is 0 Å². The minimum Gasteiger partial charge on any atom is -0.404 e. The van der Waals surface area contributed by atoms with Gasteiger partial charge in [-0.1, -0.05) is 30.3 Å². The van der Waals surface area contributed by atoms with Gasteiger partial charge in [0.1, 0.15) is 5.52 Å². The first kappa shape index (κ1) is 25.3. The standard InChI is InChI=1S/C27H24F3N5O3/c1-34-13-22(20-9-23(33-25(20)26(34)38)16(11-31)12-32-27(28,29)30)19-10-24(37)35(17-7-18(36)8-17)14-21(19)15-5-3-2-4-6-15/h2-6,9-14,17-18,33,36H,7-8,31H2,1H3. The first-order valence-corrected chi connectivity index (χ1v) is 11.8. The van der Waals surface area contributed by atoms with Gasteiger partial charge in [-0.05, 0) is 30.0 Å². The summed E-state index contributed by atoms with van der Waals surface area (Å²) in [7, 11) is 1.55.